The molecule has 5 aromatic rings. The van der Waals surface area contributed by atoms with Crippen LogP contribution in [-0.4, -0.2) is 25.5 Å². The van der Waals surface area contributed by atoms with Crippen LogP contribution in [0.4, 0.5) is 17.1 Å². The molecule has 0 unspecified atom stereocenters. The minimum Gasteiger partial charge on any atom is -0.398 e. The van der Waals surface area contributed by atoms with Gasteiger partial charge in [-0.05, 0) is 60.0 Å². The van der Waals surface area contributed by atoms with E-state index in [0.29, 0.717) is 22.4 Å². The molecule has 0 aliphatic rings. The Morgan fingerprint density at radius 1 is 0.892 bits per heavy atom. The van der Waals surface area contributed by atoms with Crippen molar-refractivity contribution in [3.05, 3.63) is 114 Å². The molecule has 5 N–H and O–H groups in total. The number of anilines is 3. The van der Waals surface area contributed by atoms with Gasteiger partial charge in [-0.15, -0.1) is 11.3 Å². The van der Waals surface area contributed by atoms with Crippen molar-refractivity contribution in [2.24, 2.45) is 0 Å². The van der Waals surface area contributed by atoms with Gasteiger partial charge in [0.15, 0.2) is 0 Å². The number of rotatable bonds is 6. The van der Waals surface area contributed by atoms with Crippen molar-refractivity contribution >= 4 is 56.9 Å². The second-order valence-electron chi connectivity index (χ2n) is 8.13. The van der Waals surface area contributed by atoms with Gasteiger partial charge in [-0.25, -0.2) is 0 Å². The van der Waals surface area contributed by atoms with Crippen LogP contribution in [0.2, 0.25) is 0 Å². The van der Waals surface area contributed by atoms with Crippen LogP contribution >= 0.6 is 11.3 Å². The molecule has 7 heteroatoms. The summed E-state index contributed by atoms with van der Waals surface area (Å²) >= 11 is 1.63. The van der Waals surface area contributed by atoms with Crippen LogP contribution in [0.1, 0.15) is 26.3 Å². The lowest BCUT2D eigenvalue weighted by Gasteiger charge is -2.07. The summed E-state index contributed by atoms with van der Waals surface area (Å²) in [5.41, 5.74) is 11.0. The Kier molecular flexibility index (Phi) is 8.08. The fourth-order valence-corrected chi connectivity index (χ4v) is 4.84. The first-order chi connectivity index (χ1) is 18.0. The number of carbonyl (C=O) groups is 2. The molecule has 4 aromatic carbocycles. The molecule has 0 bridgehead atoms. The number of carbonyl (C=O) groups excluding carboxylic acids is 2. The van der Waals surface area contributed by atoms with Crippen molar-refractivity contribution < 1.29 is 9.59 Å². The summed E-state index contributed by atoms with van der Waals surface area (Å²) in [7, 11) is 1.85. The highest BCUT2D eigenvalue weighted by Gasteiger charge is 2.11. The third-order valence-electron chi connectivity index (χ3n) is 5.66. The van der Waals surface area contributed by atoms with E-state index in [-0.39, 0.29) is 5.91 Å². The first-order valence-electron chi connectivity index (χ1n) is 11.5. The zero-order valence-corrected chi connectivity index (χ0v) is 21.0. The fraction of sp³-hybridized carbons (Fsp3) is 0.0333. The number of hydrogen-bond donors (Lipinski definition) is 4. The van der Waals surface area contributed by atoms with E-state index < -0.39 is 0 Å². The van der Waals surface area contributed by atoms with E-state index >= 15 is 0 Å². The van der Waals surface area contributed by atoms with Gasteiger partial charge in [0.05, 0.1) is 0 Å². The molecule has 0 radical (unpaired) electrons. The zero-order valence-electron chi connectivity index (χ0n) is 20.2. The molecule has 0 spiro atoms. The summed E-state index contributed by atoms with van der Waals surface area (Å²) in [5.74, 6) is -0.0983. The fourth-order valence-electron chi connectivity index (χ4n) is 3.75. The quantitative estimate of drug-likeness (QED) is 0.114. The van der Waals surface area contributed by atoms with Gasteiger partial charge in [0, 0.05) is 62.2 Å². The predicted octanol–water partition coefficient (Wildman–Crippen LogP) is 6.94. The highest BCUT2D eigenvalue weighted by atomic mass is 32.1. The summed E-state index contributed by atoms with van der Waals surface area (Å²) in [4.78, 5) is 23.9. The maximum atomic E-state index is 11.9. The number of hydrogen-bond acceptors (Lipinski definition) is 6. The van der Waals surface area contributed by atoms with Crippen LogP contribution in [-0.2, 0) is 0 Å². The molecule has 184 valence electrons. The van der Waals surface area contributed by atoms with E-state index in [1.165, 1.54) is 10.9 Å². The molecule has 0 saturated carbocycles. The third kappa shape index (κ3) is 6.09. The molecular formula is C30H26N4O2S. The maximum absolute atomic E-state index is 11.9. The SMILES string of the molecule is CNc1cccc(NC(=O)c2ccccc2)c1.N=Cc1cc(C=O)cc(-c2cc3ccccc3s2)c1N. The summed E-state index contributed by atoms with van der Waals surface area (Å²) in [6.07, 6.45) is 1.96. The number of nitrogens with one attached hydrogen (secondary N) is 3. The number of nitrogen functional groups attached to an aromatic ring is 1. The van der Waals surface area contributed by atoms with Crippen molar-refractivity contribution in [2.45, 2.75) is 0 Å². The summed E-state index contributed by atoms with van der Waals surface area (Å²) < 4.78 is 1.18. The molecule has 1 amide bonds. The normalized spacial score (nSPS) is 10.2. The van der Waals surface area contributed by atoms with Crippen LogP contribution < -0.4 is 16.4 Å². The molecule has 0 aliphatic carbocycles. The van der Waals surface area contributed by atoms with Gasteiger partial charge in [0.25, 0.3) is 5.91 Å². The molecule has 37 heavy (non-hydrogen) atoms. The Morgan fingerprint density at radius 2 is 1.62 bits per heavy atom. The van der Waals surface area contributed by atoms with E-state index in [2.05, 4.69) is 22.8 Å². The third-order valence-corrected chi connectivity index (χ3v) is 6.81. The number of nitrogens with two attached hydrogens (primary N) is 1. The first-order valence-corrected chi connectivity index (χ1v) is 12.4. The monoisotopic (exact) mass is 506 g/mol. The predicted molar refractivity (Wildman–Crippen MR) is 155 cm³/mol. The Bertz CT molecular complexity index is 1530. The highest BCUT2D eigenvalue weighted by molar-refractivity contribution is 7.22. The summed E-state index contributed by atoms with van der Waals surface area (Å²) in [6.45, 7) is 0. The van der Waals surface area contributed by atoms with Crippen molar-refractivity contribution in [1.82, 2.24) is 0 Å². The highest BCUT2D eigenvalue weighted by Crippen LogP contribution is 2.37. The standard InChI is InChI=1S/C16H12N2OS.C14H14N2O/c17-8-12-5-10(9-19)6-13(16(12)18)15-7-11-3-1-2-4-14(11)20-15;1-15-12-8-5-9-13(10-12)16-14(17)11-6-3-2-4-7-11/h1-9,17H,18H2;2-10,15H,1H3,(H,16,17). The molecular weight excluding hydrogens is 480 g/mol. The van der Waals surface area contributed by atoms with Crippen LogP contribution in [0.15, 0.2) is 97.1 Å². The number of amides is 1. The number of benzene rings is 4. The van der Waals surface area contributed by atoms with Gasteiger partial charge in [0.2, 0.25) is 0 Å². The second-order valence-corrected chi connectivity index (χ2v) is 9.22. The van der Waals surface area contributed by atoms with Gasteiger partial charge < -0.3 is 21.8 Å². The van der Waals surface area contributed by atoms with Crippen molar-refractivity contribution in [3.63, 3.8) is 0 Å². The molecule has 5 rings (SSSR count). The topological polar surface area (TPSA) is 108 Å². The first kappa shape index (κ1) is 25.3. The molecule has 0 fully saturated rings. The Labute approximate surface area is 219 Å². The van der Waals surface area contributed by atoms with Gasteiger partial charge in [-0.2, -0.15) is 0 Å². The lowest BCUT2D eigenvalue weighted by molar-refractivity contribution is 0.102. The average molecular weight is 507 g/mol. The van der Waals surface area contributed by atoms with Crippen LogP contribution in [0.5, 0.6) is 0 Å². The summed E-state index contributed by atoms with van der Waals surface area (Å²) in [6, 6.07) is 30.3. The van der Waals surface area contributed by atoms with E-state index in [1.807, 2.05) is 67.7 Å². The molecule has 1 heterocycles. The van der Waals surface area contributed by atoms with Gasteiger partial charge in [0.1, 0.15) is 6.29 Å². The lowest BCUT2D eigenvalue weighted by atomic mass is 10.0. The molecule has 0 atom stereocenters. The van der Waals surface area contributed by atoms with Crippen molar-refractivity contribution in [3.8, 4) is 10.4 Å². The lowest BCUT2D eigenvalue weighted by Crippen LogP contribution is -2.11. The molecule has 6 nitrogen and oxygen atoms in total. The number of fused-ring (bicyclic) bond motifs is 1. The minimum atomic E-state index is -0.0983. The van der Waals surface area contributed by atoms with E-state index in [0.717, 1.165) is 33.5 Å². The molecule has 1 aromatic heterocycles. The largest absolute Gasteiger partial charge is 0.398 e. The van der Waals surface area contributed by atoms with Gasteiger partial charge >= 0.3 is 0 Å². The van der Waals surface area contributed by atoms with Gasteiger partial charge in [-0.1, -0.05) is 42.5 Å². The second kappa shape index (κ2) is 11.8. The van der Waals surface area contributed by atoms with Crippen molar-refractivity contribution in [1.29, 1.82) is 5.41 Å². The smallest absolute Gasteiger partial charge is 0.255 e. The van der Waals surface area contributed by atoms with Crippen LogP contribution in [0, 0.1) is 5.41 Å². The van der Waals surface area contributed by atoms with Gasteiger partial charge in [-0.3, -0.25) is 9.59 Å². The molecule has 0 saturated heterocycles. The Hall–Kier alpha value is -4.75. The molecule has 0 aliphatic heterocycles. The van der Waals surface area contributed by atoms with E-state index in [9.17, 15) is 9.59 Å². The summed E-state index contributed by atoms with van der Waals surface area (Å²) in [5, 5.41) is 14.4. The number of aldehydes is 1. The van der Waals surface area contributed by atoms with Crippen LogP contribution in [0.3, 0.4) is 0 Å². The Morgan fingerprint density at radius 3 is 2.32 bits per heavy atom. The Balaban J connectivity index is 0.000000176. The number of thiophene rings is 1. The van der Waals surface area contributed by atoms with Crippen molar-refractivity contribution in [2.75, 3.05) is 23.4 Å². The minimum absolute atomic E-state index is 0.0983. The van der Waals surface area contributed by atoms with Crippen LogP contribution in [0.25, 0.3) is 20.5 Å². The van der Waals surface area contributed by atoms with E-state index in [1.54, 1.807) is 35.6 Å². The zero-order chi connectivity index (χ0) is 26.2. The average Bonchev–Trinajstić information content (AvgIpc) is 3.38. The van der Waals surface area contributed by atoms with E-state index in [4.69, 9.17) is 11.1 Å². The maximum Gasteiger partial charge on any atom is 0.255 e.